The molecule has 0 saturated carbocycles. The van der Waals surface area contributed by atoms with E-state index < -0.39 is 23.2 Å². The Balaban J connectivity index is 0.00000200. The molecule has 1 aliphatic heterocycles. The SMILES string of the molecule is Cl.O=C(O)[C@]1(Cc2ccc(C(F)(F)F)cc2)CCCN1. The molecule has 1 atom stereocenters. The highest BCUT2D eigenvalue weighted by molar-refractivity contribution is 5.85. The van der Waals surface area contributed by atoms with E-state index in [0.717, 1.165) is 18.6 Å². The number of rotatable bonds is 3. The number of carbonyl (C=O) groups is 1. The molecule has 0 amide bonds. The standard InChI is InChI=1S/C13H14F3NO2.ClH/c14-13(15,16)10-4-2-9(3-5-10)8-12(11(18)19)6-1-7-17-12;/h2-5,17H,1,6-8H2,(H,18,19);1H/t12-;/m1./s1. The Hall–Kier alpha value is -1.27. The molecule has 1 saturated heterocycles. The maximum Gasteiger partial charge on any atom is 0.416 e. The van der Waals surface area contributed by atoms with Crippen LogP contribution in [-0.4, -0.2) is 23.2 Å². The van der Waals surface area contributed by atoms with Crippen LogP contribution in [0.25, 0.3) is 0 Å². The molecule has 1 aromatic carbocycles. The number of nitrogens with one attached hydrogen (secondary N) is 1. The van der Waals surface area contributed by atoms with Crippen LogP contribution >= 0.6 is 12.4 Å². The molecule has 1 aliphatic rings. The van der Waals surface area contributed by atoms with Gasteiger partial charge in [0, 0.05) is 6.42 Å². The maximum absolute atomic E-state index is 12.4. The minimum absolute atomic E-state index is 0. The Bertz CT molecular complexity index is 467. The number of alkyl halides is 3. The van der Waals surface area contributed by atoms with Crippen molar-refractivity contribution < 1.29 is 23.1 Å². The van der Waals surface area contributed by atoms with Crippen molar-refractivity contribution in [2.45, 2.75) is 31.0 Å². The summed E-state index contributed by atoms with van der Waals surface area (Å²) in [6.45, 7) is 0.618. The summed E-state index contributed by atoms with van der Waals surface area (Å²) in [7, 11) is 0. The molecule has 0 bridgehead atoms. The monoisotopic (exact) mass is 309 g/mol. The average Bonchev–Trinajstić information content (AvgIpc) is 2.78. The number of hydrogen-bond acceptors (Lipinski definition) is 2. The van der Waals surface area contributed by atoms with Crippen LogP contribution in [0.15, 0.2) is 24.3 Å². The molecule has 0 spiro atoms. The molecule has 112 valence electrons. The van der Waals surface area contributed by atoms with Gasteiger partial charge in [-0.1, -0.05) is 12.1 Å². The van der Waals surface area contributed by atoms with E-state index in [1.165, 1.54) is 12.1 Å². The van der Waals surface area contributed by atoms with E-state index in [2.05, 4.69) is 5.32 Å². The fourth-order valence-corrected chi connectivity index (χ4v) is 2.38. The zero-order chi connectivity index (χ0) is 14.1. The Morgan fingerprint density at radius 2 is 1.90 bits per heavy atom. The minimum Gasteiger partial charge on any atom is -0.480 e. The first-order chi connectivity index (χ1) is 8.83. The Kier molecular flexibility index (Phi) is 5.05. The second-order valence-corrected chi connectivity index (χ2v) is 4.79. The van der Waals surface area contributed by atoms with E-state index in [1.54, 1.807) is 0 Å². The molecule has 1 fully saturated rings. The summed E-state index contributed by atoms with van der Waals surface area (Å²) >= 11 is 0. The molecule has 3 nitrogen and oxygen atoms in total. The predicted octanol–water partition coefficient (Wildman–Crippen LogP) is 2.88. The van der Waals surface area contributed by atoms with Crippen LogP contribution in [-0.2, 0) is 17.4 Å². The van der Waals surface area contributed by atoms with Crippen LogP contribution in [0.4, 0.5) is 13.2 Å². The molecule has 0 radical (unpaired) electrons. The lowest BCUT2D eigenvalue weighted by atomic mass is 9.89. The number of carboxylic acids is 1. The zero-order valence-electron chi connectivity index (χ0n) is 10.5. The summed E-state index contributed by atoms with van der Waals surface area (Å²) in [5.74, 6) is -0.954. The molecule has 7 heteroatoms. The van der Waals surface area contributed by atoms with Gasteiger partial charge in [0.2, 0.25) is 0 Å². The second kappa shape index (κ2) is 6.01. The molecule has 0 aromatic heterocycles. The molecule has 2 N–H and O–H groups in total. The van der Waals surface area contributed by atoms with Gasteiger partial charge < -0.3 is 10.4 Å². The van der Waals surface area contributed by atoms with Gasteiger partial charge in [0.05, 0.1) is 5.56 Å². The van der Waals surface area contributed by atoms with Crippen LogP contribution < -0.4 is 5.32 Å². The molecule has 0 aliphatic carbocycles. The first-order valence-corrected chi connectivity index (χ1v) is 5.98. The lowest BCUT2D eigenvalue weighted by Gasteiger charge is -2.24. The fourth-order valence-electron chi connectivity index (χ4n) is 2.38. The Morgan fingerprint density at radius 1 is 1.30 bits per heavy atom. The average molecular weight is 310 g/mol. The highest BCUT2D eigenvalue weighted by Crippen LogP contribution is 2.30. The summed E-state index contributed by atoms with van der Waals surface area (Å²) in [4.78, 5) is 11.3. The van der Waals surface area contributed by atoms with Gasteiger partial charge in [0.1, 0.15) is 5.54 Å². The molecule has 1 heterocycles. The van der Waals surface area contributed by atoms with E-state index in [4.69, 9.17) is 0 Å². The maximum atomic E-state index is 12.4. The molecule has 2 rings (SSSR count). The largest absolute Gasteiger partial charge is 0.480 e. The van der Waals surface area contributed by atoms with Crippen LogP contribution in [0, 0.1) is 0 Å². The van der Waals surface area contributed by atoms with Gasteiger partial charge in [-0.15, -0.1) is 12.4 Å². The van der Waals surface area contributed by atoms with Crippen LogP contribution in [0.3, 0.4) is 0 Å². The summed E-state index contributed by atoms with van der Waals surface area (Å²) in [6.07, 6.45) is -2.93. The Labute approximate surface area is 120 Å². The number of benzene rings is 1. The third-order valence-corrected chi connectivity index (χ3v) is 3.44. The number of halogens is 4. The normalized spacial score (nSPS) is 22.4. The van der Waals surface area contributed by atoms with Gasteiger partial charge in [-0.2, -0.15) is 13.2 Å². The highest BCUT2D eigenvalue weighted by atomic mass is 35.5. The topological polar surface area (TPSA) is 49.3 Å². The van der Waals surface area contributed by atoms with Crippen molar-refractivity contribution in [3.63, 3.8) is 0 Å². The van der Waals surface area contributed by atoms with E-state index in [9.17, 15) is 23.1 Å². The third-order valence-electron chi connectivity index (χ3n) is 3.44. The molecule has 0 unspecified atom stereocenters. The molecule has 1 aromatic rings. The van der Waals surface area contributed by atoms with Crippen molar-refractivity contribution >= 4 is 18.4 Å². The van der Waals surface area contributed by atoms with Gasteiger partial charge in [0.25, 0.3) is 0 Å². The first kappa shape index (κ1) is 16.8. The fraction of sp³-hybridized carbons (Fsp3) is 0.462. The number of carboxylic acid groups (broad SMARTS) is 1. The van der Waals surface area contributed by atoms with Gasteiger partial charge in [-0.25, -0.2) is 0 Å². The van der Waals surface area contributed by atoms with Crippen molar-refractivity contribution in [3.8, 4) is 0 Å². The Morgan fingerprint density at radius 3 is 2.30 bits per heavy atom. The third kappa shape index (κ3) is 3.43. The summed E-state index contributed by atoms with van der Waals surface area (Å²) in [5, 5.41) is 12.2. The van der Waals surface area contributed by atoms with E-state index in [1.807, 2.05) is 0 Å². The quantitative estimate of drug-likeness (QED) is 0.902. The van der Waals surface area contributed by atoms with Gasteiger partial charge >= 0.3 is 12.1 Å². The highest BCUT2D eigenvalue weighted by Gasteiger charge is 2.41. The van der Waals surface area contributed by atoms with E-state index >= 15 is 0 Å². The lowest BCUT2D eigenvalue weighted by molar-refractivity contribution is -0.144. The molecular formula is C13H15ClF3NO2. The zero-order valence-corrected chi connectivity index (χ0v) is 11.4. The second-order valence-electron chi connectivity index (χ2n) is 4.79. The molecular weight excluding hydrogens is 295 g/mol. The van der Waals surface area contributed by atoms with Gasteiger partial charge in [-0.05, 0) is 37.1 Å². The summed E-state index contributed by atoms with van der Waals surface area (Å²) in [6, 6.07) is 4.65. The van der Waals surface area contributed by atoms with Crippen molar-refractivity contribution in [2.24, 2.45) is 0 Å². The van der Waals surface area contributed by atoms with Gasteiger partial charge in [0.15, 0.2) is 0 Å². The minimum atomic E-state index is -4.37. The lowest BCUT2D eigenvalue weighted by Crippen LogP contribution is -2.49. The van der Waals surface area contributed by atoms with Crippen molar-refractivity contribution in [3.05, 3.63) is 35.4 Å². The number of aliphatic carboxylic acids is 1. The first-order valence-electron chi connectivity index (χ1n) is 5.98. The summed E-state index contributed by atoms with van der Waals surface area (Å²) < 4.78 is 37.3. The van der Waals surface area contributed by atoms with Crippen molar-refractivity contribution in [2.75, 3.05) is 6.54 Å². The van der Waals surface area contributed by atoms with Crippen molar-refractivity contribution in [1.82, 2.24) is 5.32 Å². The van der Waals surface area contributed by atoms with Crippen LogP contribution in [0.5, 0.6) is 0 Å². The smallest absolute Gasteiger partial charge is 0.416 e. The number of hydrogen-bond donors (Lipinski definition) is 2. The van der Waals surface area contributed by atoms with Crippen molar-refractivity contribution in [1.29, 1.82) is 0 Å². The van der Waals surface area contributed by atoms with Gasteiger partial charge in [-0.3, -0.25) is 4.79 Å². The van der Waals surface area contributed by atoms with Crippen LogP contribution in [0.1, 0.15) is 24.0 Å². The molecule has 20 heavy (non-hydrogen) atoms. The van der Waals surface area contributed by atoms with Crippen LogP contribution in [0.2, 0.25) is 0 Å². The van der Waals surface area contributed by atoms with E-state index in [-0.39, 0.29) is 18.8 Å². The van der Waals surface area contributed by atoms with E-state index in [0.29, 0.717) is 18.5 Å². The predicted molar refractivity (Wildman–Crippen MR) is 70.0 cm³/mol. The summed E-state index contributed by atoms with van der Waals surface area (Å²) in [5.41, 5.74) is -1.18.